The molecule has 0 saturated heterocycles. The van der Waals surface area contributed by atoms with Crippen molar-refractivity contribution in [3.8, 4) is 5.75 Å². The maximum absolute atomic E-state index is 12.3. The summed E-state index contributed by atoms with van der Waals surface area (Å²) < 4.78 is 30.9. The number of rotatable bonds is 7. The van der Waals surface area contributed by atoms with Crippen molar-refractivity contribution in [3.63, 3.8) is 0 Å². The van der Waals surface area contributed by atoms with Gasteiger partial charge in [0.15, 0.2) is 0 Å². The Hall–Kier alpha value is -1.64. The van der Waals surface area contributed by atoms with Crippen molar-refractivity contribution in [2.24, 2.45) is 0 Å². The monoisotopic (exact) mass is 343 g/mol. The summed E-state index contributed by atoms with van der Waals surface area (Å²) in [5.74, 6) is -0.117. The number of hydrogen-bond donors (Lipinski definition) is 1. The summed E-state index contributed by atoms with van der Waals surface area (Å²) in [5.41, 5.74) is 0.275. The molecular weight excluding hydrogens is 318 g/mol. The Morgan fingerprint density at radius 3 is 2.35 bits per heavy atom. The van der Waals surface area contributed by atoms with Crippen LogP contribution < -0.4 is 10.1 Å². The topological polar surface area (TPSA) is 79.0 Å². The van der Waals surface area contributed by atoms with Crippen molar-refractivity contribution in [2.75, 3.05) is 41.8 Å². The number of nitrogens with one attached hydrogen (secondary N) is 1. The molecule has 1 rings (SSSR count). The fourth-order valence-electron chi connectivity index (χ4n) is 1.74. The van der Waals surface area contributed by atoms with E-state index in [0.29, 0.717) is 6.54 Å². The largest absolute Gasteiger partial charge is 0.495 e. The molecule has 1 N–H and O–H groups in total. The van der Waals surface area contributed by atoms with Gasteiger partial charge in [-0.2, -0.15) is 0 Å². The molecule has 0 unspecified atom stereocenters. The van der Waals surface area contributed by atoms with E-state index in [1.807, 2.05) is 25.9 Å². The number of nitrogens with zero attached hydrogens (tertiary/aromatic N) is 2. The van der Waals surface area contributed by atoms with Crippen molar-refractivity contribution in [2.45, 2.75) is 17.9 Å². The molecule has 1 amide bonds. The van der Waals surface area contributed by atoms with E-state index in [0.717, 1.165) is 4.31 Å². The summed E-state index contributed by atoms with van der Waals surface area (Å²) >= 11 is 0. The smallest absolute Gasteiger partial charge is 0.251 e. The van der Waals surface area contributed by atoms with Gasteiger partial charge in [0.2, 0.25) is 10.0 Å². The van der Waals surface area contributed by atoms with Crippen LogP contribution in [0.1, 0.15) is 17.3 Å². The molecular formula is C15H25N3O4S. The lowest BCUT2D eigenvalue weighted by atomic mass is 10.2. The summed E-state index contributed by atoms with van der Waals surface area (Å²) in [6.45, 7) is 2.45. The molecule has 1 atom stereocenters. The molecule has 0 bridgehead atoms. The third-order valence-electron chi connectivity index (χ3n) is 3.62. The molecule has 23 heavy (non-hydrogen) atoms. The number of benzene rings is 1. The van der Waals surface area contributed by atoms with Crippen LogP contribution in [0.2, 0.25) is 0 Å². The second-order valence-corrected chi connectivity index (χ2v) is 7.80. The maximum atomic E-state index is 12.3. The van der Waals surface area contributed by atoms with E-state index < -0.39 is 10.0 Å². The maximum Gasteiger partial charge on any atom is 0.251 e. The van der Waals surface area contributed by atoms with Gasteiger partial charge in [0.05, 0.1) is 7.11 Å². The number of methoxy groups -OCH3 is 1. The van der Waals surface area contributed by atoms with Crippen LogP contribution in [-0.2, 0) is 10.0 Å². The Kier molecular flexibility index (Phi) is 6.55. The molecule has 0 aliphatic carbocycles. The van der Waals surface area contributed by atoms with Crippen molar-refractivity contribution in [1.82, 2.24) is 14.5 Å². The van der Waals surface area contributed by atoms with Crippen LogP contribution in [0.3, 0.4) is 0 Å². The first-order valence-electron chi connectivity index (χ1n) is 7.16. The molecule has 130 valence electrons. The molecule has 0 radical (unpaired) electrons. The number of carbonyl (C=O) groups is 1. The highest BCUT2D eigenvalue weighted by molar-refractivity contribution is 7.89. The molecule has 0 aliphatic heterocycles. The third-order valence-corrected chi connectivity index (χ3v) is 5.46. The van der Waals surface area contributed by atoms with Gasteiger partial charge in [-0.05, 0) is 39.2 Å². The Bertz CT molecular complexity index is 657. The first-order chi connectivity index (χ1) is 10.6. The van der Waals surface area contributed by atoms with Crippen molar-refractivity contribution < 1.29 is 17.9 Å². The minimum Gasteiger partial charge on any atom is -0.495 e. The molecule has 0 heterocycles. The standard InChI is InChI=1S/C15H25N3O4S/c1-11(17(2)3)10-16-15(19)12-7-8-13(22-6)14(9-12)23(20,21)18(4)5/h7-9,11H,10H2,1-6H3,(H,16,19)/t11-/m0/s1. The number of amides is 1. The molecule has 0 fully saturated rings. The second kappa shape index (κ2) is 7.76. The normalized spacial score (nSPS) is 13.2. The number of ether oxygens (including phenoxy) is 1. The fraction of sp³-hybridized carbons (Fsp3) is 0.533. The van der Waals surface area contributed by atoms with Gasteiger partial charge in [-0.15, -0.1) is 0 Å². The summed E-state index contributed by atoms with van der Waals surface area (Å²) in [6.07, 6.45) is 0. The molecule has 0 saturated carbocycles. The lowest BCUT2D eigenvalue weighted by molar-refractivity contribution is 0.0943. The highest BCUT2D eigenvalue weighted by Gasteiger charge is 2.24. The molecule has 1 aromatic rings. The summed E-state index contributed by atoms with van der Waals surface area (Å²) in [6, 6.07) is 4.54. The van der Waals surface area contributed by atoms with Crippen LogP contribution in [-0.4, -0.2) is 71.4 Å². The summed E-state index contributed by atoms with van der Waals surface area (Å²) in [5, 5.41) is 2.80. The van der Waals surface area contributed by atoms with Crippen LogP contribution in [0.5, 0.6) is 5.75 Å². The van der Waals surface area contributed by atoms with E-state index in [2.05, 4.69) is 5.32 Å². The fourth-order valence-corrected chi connectivity index (χ4v) is 2.82. The van der Waals surface area contributed by atoms with Gasteiger partial charge < -0.3 is 15.0 Å². The van der Waals surface area contributed by atoms with E-state index in [1.165, 1.54) is 33.3 Å². The van der Waals surface area contributed by atoms with Gasteiger partial charge in [-0.3, -0.25) is 4.79 Å². The predicted molar refractivity (Wildman–Crippen MR) is 89.3 cm³/mol. The van der Waals surface area contributed by atoms with E-state index in [9.17, 15) is 13.2 Å². The molecule has 0 aliphatic rings. The second-order valence-electron chi connectivity index (χ2n) is 5.68. The Balaban J connectivity index is 3.09. The molecule has 0 aromatic heterocycles. The zero-order valence-corrected chi connectivity index (χ0v) is 15.3. The van der Waals surface area contributed by atoms with Crippen LogP contribution in [0, 0.1) is 0 Å². The molecule has 8 heteroatoms. The third kappa shape index (κ3) is 4.66. The van der Waals surface area contributed by atoms with Crippen LogP contribution in [0.4, 0.5) is 0 Å². The first kappa shape index (κ1) is 19.4. The average Bonchev–Trinajstić information content (AvgIpc) is 2.51. The number of carbonyl (C=O) groups excluding carboxylic acids is 1. The Labute approximate surface area is 138 Å². The van der Waals surface area contributed by atoms with Crippen LogP contribution in [0.25, 0.3) is 0 Å². The molecule has 0 spiro atoms. The predicted octanol–water partition coefficient (Wildman–Crippen LogP) is 0.625. The van der Waals surface area contributed by atoms with Crippen molar-refractivity contribution in [3.05, 3.63) is 23.8 Å². The number of sulfonamides is 1. The lowest BCUT2D eigenvalue weighted by Gasteiger charge is -2.20. The van der Waals surface area contributed by atoms with E-state index in [4.69, 9.17) is 4.74 Å². The Morgan fingerprint density at radius 2 is 1.87 bits per heavy atom. The SMILES string of the molecule is COc1ccc(C(=O)NC[C@H](C)N(C)C)cc1S(=O)(=O)N(C)C. The van der Waals surface area contributed by atoms with Gasteiger partial charge in [-0.25, -0.2) is 12.7 Å². The molecule has 1 aromatic carbocycles. The highest BCUT2D eigenvalue weighted by atomic mass is 32.2. The van der Waals surface area contributed by atoms with E-state index in [-0.39, 0.29) is 28.2 Å². The van der Waals surface area contributed by atoms with Gasteiger partial charge in [0, 0.05) is 32.2 Å². The number of hydrogen-bond acceptors (Lipinski definition) is 5. The van der Waals surface area contributed by atoms with Crippen LogP contribution in [0.15, 0.2) is 23.1 Å². The zero-order chi connectivity index (χ0) is 17.8. The first-order valence-corrected chi connectivity index (χ1v) is 8.60. The van der Waals surface area contributed by atoms with Crippen molar-refractivity contribution in [1.29, 1.82) is 0 Å². The summed E-state index contributed by atoms with van der Waals surface area (Å²) in [4.78, 5) is 14.2. The Morgan fingerprint density at radius 1 is 1.26 bits per heavy atom. The van der Waals surface area contributed by atoms with Gasteiger partial charge >= 0.3 is 0 Å². The number of likely N-dealkylation sites (N-methyl/N-ethyl adjacent to an activating group) is 1. The zero-order valence-electron chi connectivity index (χ0n) is 14.5. The van der Waals surface area contributed by atoms with E-state index in [1.54, 1.807) is 6.07 Å². The van der Waals surface area contributed by atoms with E-state index >= 15 is 0 Å². The highest BCUT2D eigenvalue weighted by Crippen LogP contribution is 2.26. The minimum absolute atomic E-state index is 0.0293. The summed E-state index contributed by atoms with van der Waals surface area (Å²) in [7, 11) is 4.40. The van der Waals surface area contributed by atoms with Crippen LogP contribution >= 0.6 is 0 Å². The molecule has 7 nitrogen and oxygen atoms in total. The average molecular weight is 343 g/mol. The van der Waals surface area contributed by atoms with Gasteiger partial charge in [0.25, 0.3) is 5.91 Å². The lowest BCUT2D eigenvalue weighted by Crippen LogP contribution is -2.38. The van der Waals surface area contributed by atoms with Gasteiger partial charge in [-0.1, -0.05) is 0 Å². The minimum atomic E-state index is -3.70. The quantitative estimate of drug-likeness (QED) is 0.785. The van der Waals surface area contributed by atoms with Crippen molar-refractivity contribution >= 4 is 15.9 Å². The van der Waals surface area contributed by atoms with Gasteiger partial charge in [0.1, 0.15) is 10.6 Å².